The molecular formula is C29H35F4N5O7. The largest absolute Gasteiger partial charge is 0.479 e. The van der Waals surface area contributed by atoms with Crippen LogP contribution >= 0.6 is 0 Å². The summed E-state index contributed by atoms with van der Waals surface area (Å²) in [5.41, 5.74) is -1.73. The van der Waals surface area contributed by atoms with Crippen LogP contribution in [0, 0.1) is 35.1 Å². The summed E-state index contributed by atoms with van der Waals surface area (Å²) in [6.45, 7) is 7.59. The fraction of sp³-hybridized carbons (Fsp3) is 0.517. The van der Waals surface area contributed by atoms with Gasteiger partial charge >= 0.3 is 6.09 Å². The van der Waals surface area contributed by atoms with E-state index in [1.807, 2.05) is 0 Å². The number of hydrogen-bond acceptors (Lipinski definition) is 8. The van der Waals surface area contributed by atoms with E-state index in [9.17, 15) is 41.5 Å². The number of benzene rings is 1. The molecule has 0 aliphatic carbocycles. The number of rotatable bonds is 12. The molecule has 0 saturated carbocycles. The van der Waals surface area contributed by atoms with Crippen LogP contribution in [-0.2, 0) is 19.1 Å². The Labute approximate surface area is 255 Å². The van der Waals surface area contributed by atoms with E-state index in [-0.39, 0.29) is 24.8 Å². The minimum absolute atomic E-state index is 0.0224. The molecule has 1 aliphatic rings. The number of halogens is 4. The van der Waals surface area contributed by atoms with Gasteiger partial charge in [-0.1, -0.05) is 13.8 Å². The lowest BCUT2D eigenvalue weighted by atomic mass is 9.95. The number of anilines is 1. The monoisotopic (exact) mass is 641 g/mol. The van der Waals surface area contributed by atoms with Gasteiger partial charge in [0.25, 0.3) is 5.56 Å². The Morgan fingerprint density at radius 1 is 1.11 bits per heavy atom. The molecule has 16 heteroatoms. The van der Waals surface area contributed by atoms with E-state index in [1.54, 1.807) is 34.6 Å². The van der Waals surface area contributed by atoms with E-state index in [0.717, 1.165) is 4.57 Å². The lowest BCUT2D eigenvalue weighted by Crippen LogP contribution is -2.48. The van der Waals surface area contributed by atoms with E-state index in [0.29, 0.717) is 13.0 Å². The molecule has 0 bridgehead atoms. The van der Waals surface area contributed by atoms with Gasteiger partial charge in [0.05, 0.1) is 6.04 Å². The Morgan fingerprint density at radius 2 is 1.76 bits per heavy atom. The lowest BCUT2D eigenvalue weighted by molar-refractivity contribution is -0.132. The molecule has 1 aromatic heterocycles. The van der Waals surface area contributed by atoms with Crippen LogP contribution in [-0.4, -0.2) is 58.0 Å². The highest BCUT2D eigenvalue weighted by Gasteiger charge is 2.34. The van der Waals surface area contributed by atoms with Gasteiger partial charge in [-0.2, -0.15) is 8.78 Å². The van der Waals surface area contributed by atoms with Crippen molar-refractivity contribution in [3.63, 3.8) is 0 Å². The summed E-state index contributed by atoms with van der Waals surface area (Å²) in [6.07, 6.45) is 1.58. The summed E-state index contributed by atoms with van der Waals surface area (Å²) in [5.74, 6) is -12.2. The van der Waals surface area contributed by atoms with Gasteiger partial charge in [-0.05, 0) is 46.0 Å². The van der Waals surface area contributed by atoms with Crippen LogP contribution in [0.1, 0.15) is 59.9 Å². The van der Waals surface area contributed by atoms with Gasteiger partial charge in [0.2, 0.25) is 29.3 Å². The molecule has 45 heavy (non-hydrogen) atoms. The molecule has 3 unspecified atom stereocenters. The fourth-order valence-corrected chi connectivity index (χ4v) is 4.56. The molecular weight excluding hydrogens is 606 g/mol. The summed E-state index contributed by atoms with van der Waals surface area (Å²) in [5, 5.41) is 7.34. The second-order valence-corrected chi connectivity index (χ2v) is 11.9. The predicted molar refractivity (Wildman–Crippen MR) is 151 cm³/mol. The first-order valence-corrected chi connectivity index (χ1v) is 14.1. The van der Waals surface area contributed by atoms with E-state index >= 15 is 0 Å². The summed E-state index contributed by atoms with van der Waals surface area (Å²) in [4.78, 5) is 68.6. The van der Waals surface area contributed by atoms with Crippen molar-refractivity contribution < 1.29 is 46.2 Å². The molecule has 3 N–H and O–H groups in total. The van der Waals surface area contributed by atoms with Crippen LogP contribution in [0.5, 0.6) is 5.75 Å². The molecule has 1 fully saturated rings. The Balaban J connectivity index is 1.89. The average molecular weight is 642 g/mol. The maximum atomic E-state index is 14.1. The van der Waals surface area contributed by atoms with E-state index < -0.39 is 94.3 Å². The molecule has 3 amide bonds. The number of hydrogen-bond donors (Lipinski definition) is 3. The molecule has 3 atom stereocenters. The molecule has 12 nitrogen and oxygen atoms in total. The maximum absolute atomic E-state index is 14.1. The van der Waals surface area contributed by atoms with Crippen LogP contribution in [0.25, 0.3) is 0 Å². The number of ketones is 1. The van der Waals surface area contributed by atoms with Crippen LogP contribution in [0.3, 0.4) is 0 Å². The van der Waals surface area contributed by atoms with E-state index in [2.05, 4.69) is 20.9 Å². The highest BCUT2D eigenvalue weighted by atomic mass is 19.2. The molecule has 0 spiro atoms. The minimum atomic E-state index is -1.86. The van der Waals surface area contributed by atoms with Crippen LogP contribution < -0.4 is 26.2 Å². The second-order valence-electron chi connectivity index (χ2n) is 11.9. The number of Topliss-reactive ketones (excluding diaryl/α,β-unsaturated/α-hetero) is 1. The van der Waals surface area contributed by atoms with Gasteiger partial charge in [0.15, 0.2) is 23.2 Å². The van der Waals surface area contributed by atoms with Crippen molar-refractivity contribution in [2.45, 2.75) is 71.6 Å². The van der Waals surface area contributed by atoms with Gasteiger partial charge in [-0.25, -0.2) is 18.6 Å². The van der Waals surface area contributed by atoms with Crippen molar-refractivity contribution in [1.29, 1.82) is 0 Å². The van der Waals surface area contributed by atoms with Crippen LogP contribution in [0.4, 0.5) is 28.2 Å². The van der Waals surface area contributed by atoms with Crippen molar-refractivity contribution >= 4 is 29.5 Å². The quantitative estimate of drug-likeness (QED) is 0.235. The van der Waals surface area contributed by atoms with Crippen molar-refractivity contribution in [2.75, 3.05) is 18.5 Å². The van der Waals surface area contributed by atoms with Crippen molar-refractivity contribution in [1.82, 2.24) is 20.2 Å². The highest BCUT2D eigenvalue weighted by Crippen LogP contribution is 2.27. The zero-order valence-electron chi connectivity index (χ0n) is 25.3. The maximum Gasteiger partial charge on any atom is 0.413 e. The average Bonchev–Trinajstić information content (AvgIpc) is 3.34. The molecule has 2 aromatic rings. The standard InChI is InChI=1S/C29H35F4N5O7/c1-14(2)10-19(38-9-8-34-24(27(38)42)37-28(43)45-29(3,4)5)26(41)36-18(11-15-6-7-35-25(15)40)20(39)13-44-23-21(32)16(30)12-17(31)22(23)33/h8-9,12,14-15,18-19H,6-7,10-11,13H2,1-5H3,(H,35,40)(H,36,41)(H,34,37,43). The van der Waals surface area contributed by atoms with Crippen LogP contribution in [0.15, 0.2) is 23.3 Å². The molecule has 1 aliphatic heterocycles. The third kappa shape index (κ3) is 9.25. The molecule has 246 valence electrons. The van der Waals surface area contributed by atoms with E-state index in [4.69, 9.17) is 9.47 Å². The zero-order chi connectivity index (χ0) is 33.6. The fourth-order valence-electron chi connectivity index (χ4n) is 4.56. The summed E-state index contributed by atoms with van der Waals surface area (Å²) in [6, 6.07) is -2.74. The van der Waals surface area contributed by atoms with Crippen molar-refractivity contribution in [3.8, 4) is 5.75 Å². The smallest absolute Gasteiger partial charge is 0.413 e. The first-order valence-electron chi connectivity index (χ1n) is 14.1. The number of amides is 3. The molecule has 2 heterocycles. The van der Waals surface area contributed by atoms with Gasteiger partial charge in [0.1, 0.15) is 18.2 Å². The number of nitrogens with zero attached hydrogens (tertiary/aromatic N) is 2. The van der Waals surface area contributed by atoms with Crippen LogP contribution in [0.2, 0.25) is 0 Å². The summed E-state index contributed by atoms with van der Waals surface area (Å²) < 4.78 is 66.5. The molecule has 1 saturated heterocycles. The molecule has 0 radical (unpaired) electrons. The number of nitrogens with one attached hydrogen (secondary N) is 3. The second kappa shape index (κ2) is 14.5. The first kappa shape index (κ1) is 35.0. The summed E-state index contributed by atoms with van der Waals surface area (Å²) in [7, 11) is 0. The third-order valence-corrected chi connectivity index (χ3v) is 6.64. The molecule has 1 aromatic carbocycles. The first-order chi connectivity index (χ1) is 21.0. The lowest BCUT2D eigenvalue weighted by Gasteiger charge is -2.26. The highest BCUT2D eigenvalue weighted by molar-refractivity contribution is 5.92. The van der Waals surface area contributed by atoms with Crippen molar-refractivity contribution in [3.05, 3.63) is 52.1 Å². The number of aromatic nitrogens is 2. The molecule has 3 rings (SSSR count). The predicted octanol–water partition coefficient (Wildman–Crippen LogP) is 3.39. The SMILES string of the molecule is CC(C)CC(C(=O)NC(CC1CCNC1=O)C(=O)COc1c(F)c(F)cc(F)c1F)n1ccnc(NC(=O)OC(C)(C)C)c1=O. The number of carbonyl (C=O) groups is 4. The number of carbonyl (C=O) groups excluding carboxylic acids is 4. The van der Waals surface area contributed by atoms with Crippen molar-refractivity contribution in [2.24, 2.45) is 11.8 Å². The Bertz CT molecular complexity index is 1480. The topological polar surface area (TPSA) is 158 Å². The Kier molecular flexibility index (Phi) is 11.3. The van der Waals surface area contributed by atoms with Gasteiger partial charge in [-0.3, -0.25) is 29.1 Å². The Hall–Kier alpha value is -4.50. The summed E-state index contributed by atoms with van der Waals surface area (Å²) >= 11 is 0. The van der Waals surface area contributed by atoms with Gasteiger partial charge < -0.3 is 20.1 Å². The zero-order valence-corrected chi connectivity index (χ0v) is 25.3. The van der Waals surface area contributed by atoms with E-state index in [1.165, 1.54) is 12.4 Å². The van der Waals surface area contributed by atoms with Gasteiger partial charge in [0, 0.05) is 30.9 Å². The normalized spacial score (nSPS) is 16.1. The third-order valence-electron chi connectivity index (χ3n) is 6.64. The number of ether oxygens (including phenoxy) is 2. The minimum Gasteiger partial charge on any atom is -0.479 e. The van der Waals surface area contributed by atoms with Gasteiger partial charge in [-0.15, -0.1) is 0 Å². The Morgan fingerprint density at radius 3 is 2.31 bits per heavy atom.